The standard InChI is InChI=1S/C14H9F2NO/c1-9-6-12(4-2-10(9)8-17)18-14-5-3-11(15)7-13(14)16/h2-7H,1H3. The van der Waals surface area contributed by atoms with Crippen molar-refractivity contribution in [3.8, 4) is 17.6 Å². The van der Waals surface area contributed by atoms with Crippen molar-refractivity contribution in [2.24, 2.45) is 0 Å². The first-order valence-electron chi connectivity index (χ1n) is 5.24. The number of rotatable bonds is 2. The summed E-state index contributed by atoms with van der Waals surface area (Å²) in [6, 6.07) is 9.90. The largest absolute Gasteiger partial charge is 0.454 e. The van der Waals surface area contributed by atoms with Gasteiger partial charge in [-0.3, -0.25) is 0 Å². The molecular formula is C14H9F2NO. The first-order valence-corrected chi connectivity index (χ1v) is 5.24. The number of hydrogen-bond donors (Lipinski definition) is 0. The Morgan fingerprint density at radius 1 is 1.11 bits per heavy atom. The molecular weight excluding hydrogens is 236 g/mol. The molecule has 0 atom stereocenters. The van der Waals surface area contributed by atoms with Gasteiger partial charge in [-0.25, -0.2) is 8.78 Å². The Bertz CT molecular complexity index is 632. The second-order valence-corrected chi connectivity index (χ2v) is 3.77. The van der Waals surface area contributed by atoms with Gasteiger partial charge in [0.05, 0.1) is 11.6 Å². The monoisotopic (exact) mass is 245 g/mol. The van der Waals surface area contributed by atoms with Gasteiger partial charge >= 0.3 is 0 Å². The molecule has 0 unspecified atom stereocenters. The molecule has 0 saturated carbocycles. The topological polar surface area (TPSA) is 33.0 Å². The van der Waals surface area contributed by atoms with E-state index in [0.717, 1.165) is 17.7 Å². The molecule has 2 aromatic rings. The first kappa shape index (κ1) is 12.1. The molecule has 2 rings (SSSR count). The summed E-state index contributed by atoms with van der Waals surface area (Å²) in [5.41, 5.74) is 1.26. The molecule has 4 heteroatoms. The van der Waals surface area contributed by atoms with Crippen LogP contribution in [-0.2, 0) is 0 Å². The average molecular weight is 245 g/mol. The van der Waals surface area contributed by atoms with Crippen molar-refractivity contribution < 1.29 is 13.5 Å². The zero-order valence-electron chi connectivity index (χ0n) is 9.58. The molecule has 0 radical (unpaired) electrons. The number of nitriles is 1. The van der Waals surface area contributed by atoms with E-state index in [-0.39, 0.29) is 5.75 Å². The number of aryl methyl sites for hydroxylation is 1. The van der Waals surface area contributed by atoms with E-state index in [9.17, 15) is 8.78 Å². The van der Waals surface area contributed by atoms with Gasteiger partial charge in [0.25, 0.3) is 0 Å². The van der Waals surface area contributed by atoms with Gasteiger partial charge in [-0.05, 0) is 42.8 Å². The summed E-state index contributed by atoms with van der Waals surface area (Å²) < 4.78 is 31.4. The second kappa shape index (κ2) is 4.84. The van der Waals surface area contributed by atoms with Crippen LogP contribution in [0.15, 0.2) is 36.4 Å². The van der Waals surface area contributed by atoms with Crippen LogP contribution in [0.3, 0.4) is 0 Å². The van der Waals surface area contributed by atoms with E-state index in [1.165, 1.54) is 6.07 Å². The first-order chi connectivity index (χ1) is 8.60. The molecule has 0 aliphatic carbocycles. The van der Waals surface area contributed by atoms with Gasteiger partial charge in [0, 0.05) is 6.07 Å². The summed E-state index contributed by atoms with van der Waals surface area (Å²) >= 11 is 0. The van der Waals surface area contributed by atoms with Crippen molar-refractivity contribution >= 4 is 0 Å². The Hall–Kier alpha value is -2.41. The number of benzene rings is 2. The van der Waals surface area contributed by atoms with E-state index in [1.54, 1.807) is 25.1 Å². The third kappa shape index (κ3) is 2.46. The van der Waals surface area contributed by atoms with E-state index in [2.05, 4.69) is 0 Å². The molecule has 0 spiro atoms. The predicted octanol–water partition coefficient (Wildman–Crippen LogP) is 3.94. The maximum absolute atomic E-state index is 13.4. The Morgan fingerprint density at radius 2 is 1.89 bits per heavy atom. The summed E-state index contributed by atoms with van der Waals surface area (Å²) in [5.74, 6) is -1.08. The number of nitrogens with zero attached hydrogens (tertiary/aromatic N) is 1. The molecule has 2 nitrogen and oxygen atoms in total. The van der Waals surface area contributed by atoms with Crippen LogP contribution in [-0.4, -0.2) is 0 Å². The van der Waals surface area contributed by atoms with Gasteiger partial charge < -0.3 is 4.74 Å². The summed E-state index contributed by atoms with van der Waals surface area (Å²) in [7, 11) is 0. The summed E-state index contributed by atoms with van der Waals surface area (Å²) in [6.45, 7) is 1.76. The molecule has 0 aliphatic rings. The van der Waals surface area contributed by atoms with Crippen LogP contribution in [0.25, 0.3) is 0 Å². The SMILES string of the molecule is Cc1cc(Oc2ccc(F)cc2F)ccc1C#N. The van der Waals surface area contributed by atoms with Crippen molar-refractivity contribution in [3.63, 3.8) is 0 Å². The molecule has 0 N–H and O–H groups in total. The van der Waals surface area contributed by atoms with Gasteiger partial charge in [0.1, 0.15) is 11.6 Å². The second-order valence-electron chi connectivity index (χ2n) is 3.77. The van der Waals surface area contributed by atoms with Crippen molar-refractivity contribution in [1.29, 1.82) is 5.26 Å². The molecule has 90 valence electrons. The van der Waals surface area contributed by atoms with Crippen LogP contribution in [0.2, 0.25) is 0 Å². The van der Waals surface area contributed by atoms with E-state index in [4.69, 9.17) is 10.00 Å². The lowest BCUT2D eigenvalue weighted by molar-refractivity contribution is 0.437. The Labute approximate surface area is 103 Å². The van der Waals surface area contributed by atoms with Crippen molar-refractivity contribution in [2.75, 3.05) is 0 Å². The number of halogens is 2. The van der Waals surface area contributed by atoms with Crippen molar-refractivity contribution in [2.45, 2.75) is 6.92 Å². The molecule has 2 aromatic carbocycles. The third-order valence-corrected chi connectivity index (χ3v) is 2.44. The number of ether oxygens (including phenoxy) is 1. The van der Waals surface area contributed by atoms with Gasteiger partial charge in [0.15, 0.2) is 11.6 Å². The fraction of sp³-hybridized carbons (Fsp3) is 0.0714. The molecule has 0 saturated heterocycles. The zero-order chi connectivity index (χ0) is 13.1. The Balaban J connectivity index is 2.29. The maximum Gasteiger partial charge on any atom is 0.168 e. The third-order valence-electron chi connectivity index (χ3n) is 2.44. The average Bonchev–Trinajstić information content (AvgIpc) is 2.33. The van der Waals surface area contributed by atoms with Crippen LogP contribution >= 0.6 is 0 Å². The Kier molecular flexibility index (Phi) is 3.24. The van der Waals surface area contributed by atoms with E-state index >= 15 is 0 Å². The minimum Gasteiger partial charge on any atom is -0.454 e. The maximum atomic E-state index is 13.4. The minimum absolute atomic E-state index is 0.0551. The van der Waals surface area contributed by atoms with E-state index in [1.807, 2.05) is 6.07 Å². The van der Waals surface area contributed by atoms with Crippen LogP contribution in [0, 0.1) is 29.9 Å². The normalized spacial score (nSPS) is 9.89. The molecule has 0 heterocycles. The number of hydrogen-bond acceptors (Lipinski definition) is 2. The fourth-order valence-electron chi connectivity index (χ4n) is 1.51. The lowest BCUT2D eigenvalue weighted by Crippen LogP contribution is -1.91. The highest BCUT2D eigenvalue weighted by atomic mass is 19.1. The highest BCUT2D eigenvalue weighted by Gasteiger charge is 2.07. The predicted molar refractivity (Wildman–Crippen MR) is 62.3 cm³/mol. The molecule has 0 fully saturated rings. The highest BCUT2D eigenvalue weighted by molar-refractivity contribution is 5.43. The molecule has 0 aromatic heterocycles. The van der Waals surface area contributed by atoms with Crippen LogP contribution in [0.4, 0.5) is 8.78 Å². The molecule has 0 amide bonds. The summed E-state index contributed by atoms with van der Waals surface area (Å²) in [6.07, 6.45) is 0. The minimum atomic E-state index is -0.767. The van der Waals surface area contributed by atoms with Gasteiger partial charge in [-0.2, -0.15) is 5.26 Å². The van der Waals surface area contributed by atoms with Crippen molar-refractivity contribution in [1.82, 2.24) is 0 Å². The van der Waals surface area contributed by atoms with Gasteiger partial charge in [-0.1, -0.05) is 0 Å². The molecule has 0 bridgehead atoms. The lowest BCUT2D eigenvalue weighted by Gasteiger charge is -2.08. The summed E-state index contributed by atoms with van der Waals surface area (Å²) in [4.78, 5) is 0. The molecule has 0 aliphatic heterocycles. The fourth-order valence-corrected chi connectivity index (χ4v) is 1.51. The van der Waals surface area contributed by atoms with Crippen LogP contribution in [0.5, 0.6) is 11.5 Å². The van der Waals surface area contributed by atoms with Crippen LogP contribution in [0.1, 0.15) is 11.1 Å². The smallest absolute Gasteiger partial charge is 0.168 e. The van der Waals surface area contributed by atoms with E-state index in [0.29, 0.717) is 11.3 Å². The lowest BCUT2D eigenvalue weighted by atomic mass is 10.1. The molecule has 18 heavy (non-hydrogen) atoms. The zero-order valence-corrected chi connectivity index (χ0v) is 9.58. The van der Waals surface area contributed by atoms with Gasteiger partial charge in [0.2, 0.25) is 0 Å². The highest BCUT2D eigenvalue weighted by Crippen LogP contribution is 2.26. The summed E-state index contributed by atoms with van der Waals surface area (Å²) in [5, 5.41) is 8.78. The van der Waals surface area contributed by atoms with Crippen LogP contribution < -0.4 is 4.74 Å². The Morgan fingerprint density at radius 3 is 2.50 bits per heavy atom. The van der Waals surface area contributed by atoms with Gasteiger partial charge in [-0.15, -0.1) is 0 Å². The quantitative estimate of drug-likeness (QED) is 0.802. The van der Waals surface area contributed by atoms with E-state index < -0.39 is 11.6 Å². The van der Waals surface area contributed by atoms with Crippen molar-refractivity contribution in [3.05, 3.63) is 59.2 Å².